The van der Waals surface area contributed by atoms with Crippen molar-refractivity contribution >= 4 is 17.7 Å². The predicted molar refractivity (Wildman–Crippen MR) is 136 cm³/mol. The van der Waals surface area contributed by atoms with E-state index < -0.39 is 0 Å². The van der Waals surface area contributed by atoms with E-state index in [1.807, 2.05) is 37.3 Å². The van der Waals surface area contributed by atoms with Crippen LogP contribution in [0.3, 0.4) is 0 Å². The number of imide groups is 1. The standard InChI is InChI=1S/C28H35N3O5/c1-20-8-9-24-25(17-20)28(34)31(27(24)33)12-4-7-26(32)29-19-21-5-3-6-23(18-21)36-16-13-30(2)22-10-14-35-15-11-22/h3,5-6,8-9,17-18,22H,4,7,10-16,19H2,1-2H3,(H,29,32). The molecule has 2 heterocycles. The van der Waals surface area contributed by atoms with E-state index in [9.17, 15) is 14.4 Å². The van der Waals surface area contributed by atoms with E-state index in [1.165, 1.54) is 4.90 Å². The van der Waals surface area contributed by atoms with Gasteiger partial charge in [0, 0.05) is 45.3 Å². The van der Waals surface area contributed by atoms with E-state index in [0.29, 0.717) is 36.7 Å². The van der Waals surface area contributed by atoms with E-state index >= 15 is 0 Å². The molecular formula is C28H35N3O5. The van der Waals surface area contributed by atoms with Gasteiger partial charge in [0.25, 0.3) is 11.8 Å². The lowest BCUT2D eigenvalue weighted by molar-refractivity contribution is -0.121. The van der Waals surface area contributed by atoms with Gasteiger partial charge in [-0.05, 0) is 63.1 Å². The first-order valence-corrected chi connectivity index (χ1v) is 12.7. The van der Waals surface area contributed by atoms with Gasteiger partial charge in [0.2, 0.25) is 5.91 Å². The van der Waals surface area contributed by atoms with Gasteiger partial charge in [0.1, 0.15) is 12.4 Å². The first kappa shape index (κ1) is 25.9. The van der Waals surface area contributed by atoms with Gasteiger partial charge in [0.05, 0.1) is 11.1 Å². The van der Waals surface area contributed by atoms with E-state index in [2.05, 4.69) is 17.3 Å². The molecule has 1 fully saturated rings. The monoisotopic (exact) mass is 493 g/mol. The van der Waals surface area contributed by atoms with E-state index in [1.54, 1.807) is 12.1 Å². The zero-order valence-electron chi connectivity index (χ0n) is 21.1. The summed E-state index contributed by atoms with van der Waals surface area (Å²) >= 11 is 0. The fourth-order valence-corrected chi connectivity index (χ4v) is 4.66. The second-order valence-corrected chi connectivity index (χ2v) is 9.51. The molecule has 3 amide bonds. The van der Waals surface area contributed by atoms with Crippen LogP contribution in [0.2, 0.25) is 0 Å². The summed E-state index contributed by atoms with van der Waals surface area (Å²) in [6, 6.07) is 13.5. The molecule has 2 aliphatic heterocycles. The quantitative estimate of drug-likeness (QED) is 0.484. The molecule has 0 spiro atoms. The van der Waals surface area contributed by atoms with Gasteiger partial charge in [-0.1, -0.05) is 23.8 Å². The molecular weight excluding hydrogens is 458 g/mol. The molecule has 0 atom stereocenters. The topological polar surface area (TPSA) is 88.2 Å². The molecule has 0 aromatic heterocycles. The van der Waals surface area contributed by atoms with Crippen LogP contribution in [-0.2, 0) is 16.1 Å². The number of rotatable bonds is 11. The van der Waals surface area contributed by atoms with Crippen LogP contribution in [0.5, 0.6) is 5.75 Å². The van der Waals surface area contributed by atoms with Gasteiger partial charge in [-0.25, -0.2) is 0 Å². The minimum absolute atomic E-state index is 0.119. The molecule has 4 rings (SSSR count). The third-order valence-electron chi connectivity index (χ3n) is 6.83. The Morgan fingerprint density at radius 1 is 1.11 bits per heavy atom. The third-order valence-corrected chi connectivity index (χ3v) is 6.83. The van der Waals surface area contributed by atoms with Crippen LogP contribution in [0.4, 0.5) is 0 Å². The number of aryl methyl sites for hydroxylation is 1. The molecule has 8 nitrogen and oxygen atoms in total. The maximum Gasteiger partial charge on any atom is 0.261 e. The third kappa shape index (κ3) is 6.50. The number of hydrogen-bond donors (Lipinski definition) is 1. The molecule has 0 saturated carbocycles. The number of ether oxygens (including phenoxy) is 2. The van der Waals surface area contributed by atoms with Crippen molar-refractivity contribution in [3.63, 3.8) is 0 Å². The predicted octanol–water partition coefficient (Wildman–Crippen LogP) is 3.18. The molecule has 0 radical (unpaired) electrons. The molecule has 0 bridgehead atoms. The summed E-state index contributed by atoms with van der Waals surface area (Å²) in [5.74, 6) is 0.0934. The Labute approximate surface area is 212 Å². The number of likely N-dealkylation sites (N-methyl/N-ethyl adjacent to an activating group) is 1. The van der Waals surface area contributed by atoms with Crippen LogP contribution in [-0.4, -0.2) is 73.5 Å². The first-order chi connectivity index (χ1) is 17.4. The molecule has 8 heteroatoms. The Morgan fingerprint density at radius 3 is 2.69 bits per heavy atom. The van der Waals surface area contributed by atoms with Gasteiger partial charge in [0.15, 0.2) is 0 Å². The van der Waals surface area contributed by atoms with E-state index in [-0.39, 0.29) is 30.7 Å². The number of amides is 3. The normalized spacial score (nSPS) is 15.9. The molecule has 0 aliphatic carbocycles. The van der Waals surface area contributed by atoms with Crippen molar-refractivity contribution in [1.82, 2.24) is 15.1 Å². The fourth-order valence-electron chi connectivity index (χ4n) is 4.66. The summed E-state index contributed by atoms with van der Waals surface area (Å²) in [7, 11) is 2.13. The average Bonchev–Trinajstić information content (AvgIpc) is 3.12. The molecule has 2 aromatic carbocycles. The van der Waals surface area contributed by atoms with Crippen LogP contribution in [0.1, 0.15) is 57.5 Å². The largest absolute Gasteiger partial charge is 0.492 e. The highest BCUT2D eigenvalue weighted by Crippen LogP contribution is 2.24. The van der Waals surface area contributed by atoms with Crippen molar-refractivity contribution in [2.24, 2.45) is 0 Å². The summed E-state index contributed by atoms with van der Waals surface area (Å²) in [6.07, 6.45) is 2.77. The number of carbonyl (C=O) groups is 3. The molecule has 2 aliphatic rings. The Bertz CT molecular complexity index is 1100. The summed E-state index contributed by atoms with van der Waals surface area (Å²) in [4.78, 5) is 41.0. The van der Waals surface area contributed by atoms with Gasteiger partial charge in [-0.15, -0.1) is 0 Å². The highest BCUT2D eigenvalue weighted by atomic mass is 16.5. The average molecular weight is 494 g/mol. The zero-order valence-corrected chi connectivity index (χ0v) is 21.1. The Hall–Kier alpha value is -3.23. The minimum Gasteiger partial charge on any atom is -0.492 e. The second-order valence-electron chi connectivity index (χ2n) is 9.51. The van der Waals surface area contributed by atoms with E-state index in [4.69, 9.17) is 9.47 Å². The Balaban J connectivity index is 1.16. The van der Waals surface area contributed by atoms with Crippen LogP contribution >= 0.6 is 0 Å². The number of hydrogen-bond acceptors (Lipinski definition) is 6. The van der Waals surface area contributed by atoms with E-state index in [0.717, 1.165) is 49.5 Å². The molecule has 36 heavy (non-hydrogen) atoms. The van der Waals surface area contributed by atoms with Crippen LogP contribution in [0, 0.1) is 6.92 Å². The molecule has 2 aromatic rings. The summed E-state index contributed by atoms with van der Waals surface area (Å²) in [5, 5.41) is 2.91. The van der Waals surface area contributed by atoms with Gasteiger partial charge < -0.3 is 14.8 Å². The Morgan fingerprint density at radius 2 is 1.89 bits per heavy atom. The highest BCUT2D eigenvalue weighted by Gasteiger charge is 2.34. The van der Waals surface area contributed by atoms with Crippen molar-refractivity contribution < 1.29 is 23.9 Å². The van der Waals surface area contributed by atoms with Crippen molar-refractivity contribution in [3.8, 4) is 5.75 Å². The van der Waals surface area contributed by atoms with Crippen molar-refractivity contribution in [2.45, 2.75) is 45.2 Å². The van der Waals surface area contributed by atoms with Gasteiger partial charge in [-0.3, -0.25) is 24.2 Å². The van der Waals surface area contributed by atoms with Crippen molar-refractivity contribution in [3.05, 3.63) is 64.7 Å². The smallest absolute Gasteiger partial charge is 0.261 e. The number of fused-ring (bicyclic) bond motifs is 1. The van der Waals surface area contributed by atoms with Crippen molar-refractivity contribution in [2.75, 3.05) is 40.0 Å². The summed E-state index contributed by atoms with van der Waals surface area (Å²) in [6.45, 7) is 5.60. The molecule has 192 valence electrons. The lowest BCUT2D eigenvalue weighted by Crippen LogP contribution is -2.38. The zero-order chi connectivity index (χ0) is 25.5. The van der Waals surface area contributed by atoms with Crippen LogP contribution < -0.4 is 10.1 Å². The minimum atomic E-state index is -0.286. The lowest BCUT2D eigenvalue weighted by atomic mass is 10.1. The Kier molecular flexibility index (Phi) is 8.72. The number of carbonyl (C=O) groups excluding carboxylic acids is 3. The first-order valence-electron chi connectivity index (χ1n) is 12.7. The molecule has 1 saturated heterocycles. The number of nitrogens with zero attached hydrogens (tertiary/aromatic N) is 2. The van der Waals surface area contributed by atoms with Crippen LogP contribution in [0.25, 0.3) is 0 Å². The molecule has 1 N–H and O–H groups in total. The number of benzene rings is 2. The fraction of sp³-hybridized carbons (Fsp3) is 0.464. The highest BCUT2D eigenvalue weighted by molar-refractivity contribution is 6.21. The van der Waals surface area contributed by atoms with Crippen molar-refractivity contribution in [1.29, 1.82) is 0 Å². The SMILES string of the molecule is Cc1ccc2c(c1)C(=O)N(CCCC(=O)NCc1cccc(OCCN(C)C3CCOCC3)c1)C2=O. The lowest BCUT2D eigenvalue weighted by Gasteiger charge is -2.31. The maximum absolute atomic E-state index is 12.6. The van der Waals surface area contributed by atoms with Crippen LogP contribution in [0.15, 0.2) is 42.5 Å². The summed E-state index contributed by atoms with van der Waals surface area (Å²) < 4.78 is 11.4. The second kappa shape index (κ2) is 12.1. The maximum atomic E-state index is 12.6. The number of nitrogens with one attached hydrogen (secondary N) is 1. The van der Waals surface area contributed by atoms with Gasteiger partial charge >= 0.3 is 0 Å². The summed E-state index contributed by atoms with van der Waals surface area (Å²) in [5.41, 5.74) is 2.77. The molecule has 0 unspecified atom stereocenters. The van der Waals surface area contributed by atoms with Gasteiger partial charge in [-0.2, -0.15) is 0 Å².